The average molecular weight is 326 g/mol. The summed E-state index contributed by atoms with van der Waals surface area (Å²) in [6.07, 6.45) is 0.961. The molecule has 0 unspecified atom stereocenters. The van der Waals surface area contributed by atoms with Gasteiger partial charge in [-0.05, 0) is 24.8 Å². The highest BCUT2D eigenvalue weighted by Crippen LogP contribution is 2.21. The van der Waals surface area contributed by atoms with Crippen molar-refractivity contribution in [2.24, 2.45) is 0 Å². The van der Waals surface area contributed by atoms with Crippen LogP contribution in [-0.4, -0.2) is 45.2 Å². The number of thioether (sulfide) groups is 1. The van der Waals surface area contributed by atoms with E-state index in [0.29, 0.717) is 11.7 Å². The highest BCUT2D eigenvalue weighted by Gasteiger charge is 2.15. The second kappa shape index (κ2) is 7.46. The highest BCUT2D eigenvalue weighted by molar-refractivity contribution is 7.99. The number of aromatic nitrogens is 3. The van der Waals surface area contributed by atoms with Gasteiger partial charge in [-0.25, -0.2) is 0 Å². The Balaban J connectivity index is 2.02. The van der Waals surface area contributed by atoms with Crippen LogP contribution < -0.4 is 4.90 Å². The molecule has 0 aliphatic rings. The van der Waals surface area contributed by atoms with E-state index in [0.717, 1.165) is 18.9 Å². The molecule has 0 amide bonds. The van der Waals surface area contributed by atoms with E-state index in [1.807, 2.05) is 18.5 Å². The van der Waals surface area contributed by atoms with Crippen molar-refractivity contribution in [3.63, 3.8) is 0 Å². The zero-order valence-corrected chi connectivity index (χ0v) is 13.7. The first-order chi connectivity index (χ1) is 10.1. The Morgan fingerprint density at radius 1 is 1.52 bits per heavy atom. The summed E-state index contributed by atoms with van der Waals surface area (Å²) >= 11 is 2.95. The first kappa shape index (κ1) is 15.8. The number of hydrogen-bond acceptors (Lipinski definition) is 6. The van der Waals surface area contributed by atoms with Crippen LogP contribution in [0.25, 0.3) is 0 Å². The Morgan fingerprint density at radius 2 is 2.33 bits per heavy atom. The van der Waals surface area contributed by atoms with Crippen molar-refractivity contribution < 1.29 is 9.90 Å². The van der Waals surface area contributed by atoms with Crippen LogP contribution in [0.2, 0.25) is 0 Å². The lowest BCUT2D eigenvalue weighted by atomic mass is 10.3. The van der Waals surface area contributed by atoms with Gasteiger partial charge in [0.15, 0.2) is 5.16 Å². The van der Waals surface area contributed by atoms with Gasteiger partial charge in [-0.15, -0.1) is 21.5 Å². The Hall–Kier alpha value is -1.54. The fourth-order valence-corrected chi connectivity index (χ4v) is 3.32. The van der Waals surface area contributed by atoms with Crippen molar-refractivity contribution in [2.75, 3.05) is 24.2 Å². The van der Waals surface area contributed by atoms with Crippen molar-refractivity contribution in [1.82, 2.24) is 14.8 Å². The molecule has 21 heavy (non-hydrogen) atoms. The third-order valence-electron chi connectivity index (χ3n) is 2.95. The van der Waals surface area contributed by atoms with Gasteiger partial charge in [-0.3, -0.25) is 9.36 Å². The summed E-state index contributed by atoms with van der Waals surface area (Å²) in [6, 6.07) is 4.17. The van der Waals surface area contributed by atoms with E-state index in [9.17, 15) is 4.79 Å². The zero-order valence-electron chi connectivity index (χ0n) is 12.0. The molecule has 0 spiro atoms. The highest BCUT2D eigenvalue weighted by atomic mass is 32.2. The Labute approximate surface area is 131 Å². The molecule has 0 saturated carbocycles. The molecule has 0 saturated heterocycles. The molecule has 2 aromatic rings. The lowest BCUT2D eigenvalue weighted by molar-refractivity contribution is -0.133. The largest absolute Gasteiger partial charge is 0.481 e. The van der Waals surface area contributed by atoms with Crippen LogP contribution in [0.5, 0.6) is 0 Å². The first-order valence-electron chi connectivity index (χ1n) is 6.63. The minimum absolute atomic E-state index is 0.00293. The van der Waals surface area contributed by atoms with Crippen molar-refractivity contribution in [1.29, 1.82) is 0 Å². The van der Waals surface area contributed by atoms with E-state index in [-0.39, 0.29) is 5.75 Å². The van der Waals surface area contributed by atoms with Gasteiger partial charge in [0.2, 0.25) is 5.95 Å². The van der Waals surface area contributed by atoms with Crippen molar-refractivity contribution >= 4 is 35.0 Å². The molecule has 0 bridgehead atoms. The minimum Gasteiger partial charge on any atom is -0.481 e. The van der Waals surface area contributed by atoms with Crippen LogP contribution in [-0.2, 0) is 17.8 Å². The zero-order chi connectivity index (χ0) is 15.2. The summed E-state index contributed by atoms with van der Waals surface area (Å²) in [4.78, 5) is 14.1. The van der Waals surface area contributed by atoms with Crippen LogP contribution in [0, 0.1) is 0 Å². The summed E-state index contributed by atoms with van der Waals surface area (Å²) in [5.41, 5.74) is 0. The number of carbonyl (C=O) groups is 1. The first-order valence-corrected chi connectivity index (χ1v) is 8.49. The number of aliphatic carboxylic acids is 1. The van der Waals surface area contributed by atoms with E-state index in [2.05, 4.69) is 32.6 Å². The molecule has 8 heteroatoms. The summed E-state index contributed by atoms with van der Waals surface area (Å²) in [5, 5.41) is 19.8. The molecule has 0 atom stereocenters. The van der Waals surface area contributed by atoms with Gasteiger partial charge in [0, 0.05) is 25.0 Å². The van der Waals surface area contributed by atoms with Crippen LogP contribution in [0.4, 0.5) is 5.95 Å². The maximum atomic E-state index is 10.7. The fraction of sp³-hybridized carbons (Fsp3) is 0.462. The van der Waals surface area contributed by atoms with E-state index >= 15 is 0 Å². The third kappa shape index (κ3) is 4.21. The average Bonchev–Trinajstić information content (AvgIpc) is 3.11. The summed E-state index contributed by atoms with van der Waals surface area (Å²) in [7, 11) is 1.98. The van der Waals surface area contributed by atoms with E-state index in [4.69, 9.17) is 5.11 Å². The monoisotopic (exact) mass is 326 g/mol. The minimum atomic E-state index is -0.849. The van der Waals surface area contributed by atoms with Gasteiger partial charge in [-0.1, -0.05) is 17.8 Å². The number of carboxylic acids is 1. The number of hydrogen-bond donors (Lipinski definition) is 1. The van der Waals surface area contributed by atoms with Gasteiger partial charge < -0.3 is 10.0 Å². The lowest BCUT2D eigenvalue weighted by Gasteiger charge is -2.18. The molecule has 0 radical (unpaired) electrons. The third-order valence-corrected chi connectivity index (χ3v) is 4.84. The molecular weight excluding hydrogens is 308 g/mol. The normalized spacial score (nSPS) is 10.8. The SMILES string of the molecule is CCn1c(SCC(=O)O)nnc1N(C)CCc1cccs1. The summed E-state index contributed by atoms with van der Waals surface area (Å²) < 4.78 is 1.95. The van der Waals surface area contributed by atoms with Crippen LogP contribution >= 0.6 is 23.1 Å². The van der Waals surface area contributed by atoms with Crippen molar-refractivity contribution in [3.8, 4) is 0 Å². The van der Waals surface area contributed by atoms with Crippen LogP contribution in [0.1, 0.15) is 11.8 Å². The summed E-state index contributed by atoms with van der Waals surface area (Å²) in [5.74, 6) is -0.0722. The number of nitrogens with zero attached hydrogens (tertiary/aromatic N) is 4. The summed E-state index contributed by atoms with van der Waals surface area (Å²) in [6.45, 7) is 3.57. The molecular formula is C13H18N4O2S2. The maximum Gasteiger partial charge on any atom is 0.313 e. The van der Waals surface area contributed by atoms with Gasteiger partial charge in [0.05, 0.1) is 5.75 Å². The number of carboxylic acid groups (broad SMARTS) is 1. The van der Waals surface area contributed by atoms with Gasteiger partial charge in [0.1, 0.15) is 0 Å². The number of likely N-dealkylation sites (N-methyl/N-ethyl adjacent to an activating group) is 1. The van der Waals surface area contributed by atoms with Crippen molar-refractivity contribution in [3.05, 3.63) is 22.4 Å². The van der Waals surface area contributed by atoms with Crippen LogP contribution in [0.3, 0.4) is 0 Å². The lowest BCUT2D eigenvalue weighted by Crippen LogP contribution is -2.24. The molecule has 0 aliphatic heterocycles. The molecule has 2 aromatic heterocycles. The molecule has 2 rings (SSSR count). The molecule has 0 aromatic carbocycles. The topological polar surface area (TPSA) is 71.2 Å². The van der Waals surface area contributed by atoms with E-state index in [1.54, 1.807) is 11.3 Å². The van der Waals surface area contributed by atoms with Crippen LogP contribution in [0.15, 0.2) is 22.7 Å². The maximum absolute atomic E-state index is 10.7. The van der Waals surface area contributed by atoms with Gasteiger partial charge in [0.25, 0.3) is 0 Å². The Morgan fingerprint density at radius 3 is 2.95 bits per heavy atom. The standard InChI is InChI=1S/C13H18N4O2S2/c1-3-17-12(14-15-13(17)21-9-11(18)19)16(2)7-6-10-5-4-8-20-10/h4-5,8H,3,6-7,9H2,1-2H3,(H,18,19). The Kier molecular flexibility index (Phi) is 5.63. The van der Waals surface area contributed by atoms with E-state index < -0.39 is 5.97 Å². The Bertz CT molecular complexity index is 583. The number of anilines is 1. The predicted octanol–water partition coefficient (Wildman–Crippen LogP) is 2.22. The number of thiophene rings is 1. The van der Waals surface area contributed by atoms with Gasteiger partial charge in [-0.2, -0.15) is 0 Å². The van der Waals surface area contributed by atoms with Crippen molar-refractivity contribution in [2.45, 2.75) is 25.0 Å². The second-order valence-electron chi connectivity index (χ2n) is 4.46. The quantitative estimate of drug-likeness (QED) is 0.750. The predicted molar refractivity (Wildman–Crippen MR) is 85.3 cm³/mol. The molecule has 0 aliphatic carbocycles. The molecule has 1 N–H and O–H groups in total. The smallest absolute Gasteiger partial charge is 0.313 e. The van der Waals surface area contributed by atoms with E-state index in [1.165, 1.54) is 16.6 Å². The number of rotatable bonds is 8. The molecule has 114 valence electrons. The molecule has 0 fully saturated rings. The van der Waals surface area contributed by atoms with Gasteiger partial charge >= 0.3 is 5.97 Å². The fourth-order valence-electron chi connectivity index (χ4n) is 1.91. The second-order valence-corrected chi connectivity index (χ2v) is 6.43. The molecule has 6 nitrogen and oxygen atoms in total. The molecule has 2 heterocycles.